The summed E-state index contributed by atoms with van der Waals surface area (Å²) in [6.07, 6.45) is 2.43. The molecule has 0 fully saturated rings. The van der Waals surface area contributed by atoms with Crippen molar-refractivity contribution >= 4 is 0 Å². The van der Waals surface area contributed by atoms with Gasteiger partial charge in [-0.1, -0.05) is 112 Å². The monoisotopic (exact) mass is 430 g/mol. The second kappa shape index (κ2) is 12.6. The maximum absolute atomic E-state index is 2.30. The van der Waals surface area contributed by atoms with Gasteiger partial charge >= 0.3 is 0 Å². The van der Waals surface area contributed by atoms with Gasteiger partial charge in [0.15, 0.2) is 0 Å². The number of benzene rings is 3. The SMILES string of the molecule is CCC(C)c1ccc(C)cc1.CCC(C)c1ccc(C[N+](C)(C)Cc2ccccc2)cc1. The molecular weight excluding hydrogens is 386 g/mol. The fourth-order valence-corrected chi connectivity index (χ4v) is 3.95. The summed E-state index contributed by atoms with van der Waals surface area (Å²) in [4.78, 5) is 0. The van der Waals surface area contributed by atoms with E-state index in [9.17, 15) is 0 Å². The van der Waals surface area contributed by atoms with Gasteiger partial charge in [0.1, 0.15) is 13.1 Å². The van der Waals surface area contributed by atoms with Gasteiger partial charge in [-0.25, -0.2) is 0 Å². The van der Waals surface area contributed by atoms with Crippen molar-refractivity contribution in [3.05, 3.63) is 107 Å². The topological polar surface area (TPSA) is 0 Å². The van der Waals surface area contributed by atoms with Crippen molar-refractivity contribution in [1.82, 2.24) is 0 Å². The van der Waals surface area contributed by atoms with Crippen LogP contribution in [0.5, 0.6) is 0 Å². The predicted octanol–water partition coefficient (Wildman–Crippen LogP) is 8.49. The summed E-state index contributed by atoms with van der Waals surface area (Å²) >= 11 is 0. The van der Waals surface area contributed by atoms with Crippen LogP contribution in [0, 0.1) is 6.92 Å². The predicted molar refractivity (Wildman–Crippen MR) is 141 cm³/mol. The molecule has 0 saturated heterocycles. The quantitative estimate of drug-likeness (QED) is 0.314. The third-order valence-corrected chi connectivity index (χ3v) is 6.48. The largest absolute Gasteiger partial charge is 0.321 e. The van der Waals surface area contributed by atoms with Gasteiger partial charge < -0.3 is 4.48 Å². The van der Waals surface area contributed by atoms with Gasteiger partial charge in [0.2, 0.25) is 0 Å². The number of nitrogens with zero attached hydrogens (tertiary/aromatic N) is 1. The standard InChI is InChI=1S/C20H28N.C11H16/c1-5-17(2)20-13-11-19(12-14-20)16-21(3,4)15-18-9-7-6-8-10-18;1-4-10(3)11-7-5-9(2)6-8-11/h6-14,17H,5,15-16H2,1-4H3;5-8,10H,4H2,1-3H3/q+1;. The Bertz CT molecular complexity index is 891. The molecule has 0 saturated carbocycles. The summed E-state index contributed by atoms with van der Waals surface area (Å²) in [6.45, 7) is 13.3. The van der Waals surface area contributed by atoms with Crippen molar-refractivity contribution in [2.45, 2.75) is 72.4 Å². The molecule has 3 aromatic carbocycles. The Morgan fingerprint density at radius 3 is 1.44 bits per heavy atom. The minimum atomic E-state index is 0.658. The highest BCUT2D eigenvalue weighted by Gasteiger charge is 2.16. The fourth-order valence-electron chi connectivity index (χ4n) is 3.95. The Kier molecular flexibility index (Phi) is 10.2. The van der Waals surface area contributed by atoms with Crippen LogP contribution in [-0.4, -0.2) is 18.6 Å². The zero-order valence-electron chi connectivity index (χ0n) is 21.4. The van der Waals surface area contributed by atoms with Crippen molar-refractivity contribution in [3.63, 3.8) is 0 Å². The number of aryl methyl sites for hydroxylation is 1. The van der Waals surface area contributed by atoms with Crippen molar-refractivity contribution in [2.24, 2.45) is 0 Å². The Labute approximate surface area is 197 Å². The van der Waals surface area contributed by atoms with Crippen molar-refractivity contribution in [2.75, 3.05) is 14.1 Å². The van der Waals surface area contributed by atoms with E-state index in [4.69, 9.17) is 0 Å². The highest BCUT2D eigenvalue weighted by Crippen LogP contribution is 2.21. The number of rotatable bonds is 8. The van der Waals surface area contributed by atoms with E-state index in [0.29, 0.717) is 11.8 Å². The summed E-state index contributed by atoms with van der Waals surface area (Å²) in [5.74, 6) is 1.36. The molecule has 1 heteroatoms. The van der Waals surface area contributed by atoms with E-state index < -0.39 is 0 Å². The lowest BCUT2D eigenvalue weighted by atomic mass is 9.97. The third kappa shape index (κ3) is 8.63. The zero-order valence-corrected chi connectivity index (χ0v) is 21.4. The summed E-state index contributed by atoms with van der Waals surface area (Å²) in [6, 6.07) is 28.8. The van der Waals surface area contributed by atoms with E-state index in [1.165, 1.54) is 40.7 Å². The van der Waals surface area contributed by atoms with Crippen LogP contribution in [0.3, 0.4) is 0 Å². The lowest BCUT2D eigenvalue weighted by Gasteiger charge is -2.30. The molecule has 0 heterocycles. The van der Waals surface area contributed by atoms with Crippen LogP contribution in [-0.2, 0) is 13.1 Å². The van der Waals surface area contributed by atoms with Crippen molar-refractivity contribution < 1.29 is 4.48 Å². The van der Waals surface area contributed by atoms with Crippen molar-refractivity contribution in [1.29, 1.82) is 0 Å². The Morgan fingerprint density at radius 1 is 0.594 bits per heavy atom. The van der Waals surface area contributed by atoms with Crippen LogP contribution in [0.25, 0.3) is 0 Å². The Morgan fingerprint density at radius 2 is 1.00 bits per heavy atom. The Balaban J connectivity index is 0.000000278. The van der Waals surface area contributed by atoms with E-state index in [0.717, 1.165) is 17.6 Å². The first kappa shape index (κ1) is 25.9. The highest BCUT2D eigenvalue weighted by molar-refractivity contribution is 5.25. The van der Waals surface area contributed by atoms with Gasteiger partial charge in [-0.3, -0.25) is 0 Å². The maximum atomic E-state index is 2.30. The van der Waals surface area contributed by atoms with Crippen LogP contribution in [0.15, 0.2) is 78.9 Å². The molecule has 0 bridgehead atoms. The summed E-state index contributed by atoms with van der Waals surface area (Å²) in [7, 11) is 4.60. The van der Waals surface area contributed by atoms with Gasteiger partial charge in [-0.05, 0) is 42.7 Å². The molecule has 0 aliphatic heterocycles. The normalized spacial score (nSPS) is 13.1. The van der Waals surface area contributed by atoms with E-state index in [-0.39, 0.29) is 0 Å². The lowest BCUT2D eigenvalue weighted by Crippen LogP contribution is -2.37. The average molecular weight is 431 g/mol. The third-order valence-electron chi connectivity index (χ3n) is 6.48. The second-order valence-corrected chi connectivity index (χ2v) is 10.0. The molecule has 32 heavy (non-hydrogen) atoms. The first-order valence-electron chi connectivity index (χ1n) is 12.3. The molecule has 3 rings (SSSR count). The molecule has 0 aromatic heterocycles. The molecule has 0 aliphatic carbocycles. The minimum Gasteiger partial charge on any atom is -0.321 e. The maximum Gasteiger partial charge on any atom is 0.104 e. The average Bonchev–Trinajstić information content (AvgIpc) is 2.79. The van der Waals surface area contributed by atoms with Crippen LogP contribution in [0.1, 0.15) is 80.2 Å². The minimum absolute atomic E-state index is 0.658. The van der Waals surface area contributed by atoms with E-state index in [2.05, 4.69) is 128 Å². The van der Waals surface area contributed by atoms with E-state index in [1.54, 1.807) is 0 Å². The molecule has 0 N–H and O–H groups in total. The summed E-state index contributed by atoms with van der Waals surface area (Å²) in [5.41, 5.74) is 7.08. The number of hydrogen-bond acceptors (Lipinski definition) is 0. The molecule has 1 nitrogen and oxygen atoms in total. The zero-order chi connectivity index (χ0) is 23.6. The van der Waals surface area contributed by atoms with Gasteiger partial charge in [0.05, 0.1) is 14.1 Å². The molecule has 3 aromatic rings. The van der Waals surface area contributed by atoms with Crippen LogP contribution in [0.2, 0.25) is 0 Å². The number of quaternary nitrogens is 1. The van der Waals surface area contributed by atoms with E-state index >= 15 is 0 Å². The molecule has 2 atom stereocenters. The molecule has 2 unspecified atom stereocenters. The smallest absolute Gasteiger partial charge is 0.104 e. The molecule has 0 amide bonds. The number of hydrogen-bond donors (Lipinski definition) is 0. The van der Waals surface area contributed by atoms with Crippen LogP contribution in [0.4, 0.5) is 0 Å². The summed E-state index contributed by atoms with van der Waals surface area (Å²) in [5, 5.41) is 0. The van der Waals surface area contributed by atoms with Gasteiger partial charge in [0.25, 0.3) is 0 Å². The van der Waals surface area contributed by atoms with Gasteiger partial charge in [0, 0.05) is 11.1 Å². The summed E-state index contributed by atoms with van der Waals surface area (Å²) < 4.78 is 0.979. The highest BCUT2D eigenvalue weighted by atomic mass is 15.3. The van der Waals surface area contributed by atoms with Gasteiger partial charge in [-0.15, -0.1) is 0 Å². The molecule has 172 valence electrons. The second-order valence-electron chi connectivity index (χ2n) is 10.0. The molecular formula is C31H44N+. The van der Waals surface area contributed by atoms with Crippen LogP contribution >= 0.6 is 0 Å². The van der Waals surface area contributed by atoms with Gasteiger partial charge in [-0.2, -0.15) is 0 Å². The first-order valence-corrected chi connectivity index (χ1v) is 12.3. The van der Waals surface area contributed by atoms with Crippen molar-refractivity contribution in [3.8, 4) is 0 Å². The Hall–Kier alpha value is -2.38. The van der Waals surface area contributed by atoms with E-state index in [1.807, 2.05) is 0 Å². The fraction of sp³-hybridized carbons (Fsp3) is 0.419. The van der Waals surface area contributed by atoms with Crippen LogP contribution < -0.4 is 0 Å². The lowest BCUT2D eigenvalue weighted by molar-refractivity contribution is -0.916. The molecule has 0 aliphatic rings. The molecule has 0 radical (unpaired) electrons. The first-order chi connectivity index (χ1) is 15.2. The molecule has 0 spiro atoms.